The third-order valence-electron chi connectivity index (χ3n) is 3.93. The molecule has 0 aliphatic carbocycles. The van der Waals surface area contributed by atoms with E-state index in [4.69, 9.17) is 0 Å². The van der Waals surface area contributed by atoms with E-state index in [0.29, 0.717) is 36.0 Å². The third-order valence-corrected chi connectivity index (χ3v) is 3.93. The van der Waals surface area contributed by atoms with Crippen molar-refractivity contribution in [2.24, 2.45) is 0 Å². The highest BCUT2D eigenvalue weighted by atomic mass is 16.1. The van der Waals surface area contributed by atoms with Crippen molar-refractivity contribution in [2.45, 2.75) is 60.8 Å². The fraction of sp³-hybridized carbons (Fsp3) is 0.500. The van der Waals surface area contributed by atoms with Crippen molar-refractivity contribution in [3.05, 3.63) is 33.4 Å². The van der Waals surface area contributed by atoms with Gasteiger partial charge < -0.3 is 0 Å². The molecule has 0 atom stereocenters. The van der Waals surface area contributed by atoms with E-state index in [1.54, 1.807) is 0 Å². The van der Waals surface area contributed by atoms with Crippen LogP contribution in [0.25, 0.3) is 0 Å². The molecule has 1 aromatic rings. The Labute approximate surface area is 126 Å². The van der Waals surface area contributed by atoms with Crippen LogP contribution < -0.4 is 0 Å². The second-order valence-corrected chi connectivity index (χ2v) is 5.29. The summed E-state index contributed by atoms with van der Waals surface area (Å²) >= 11 is 0. The van der Waals surface area contributed by atoms with Gasteiger partial charge in [0.1, 0.15) is 0 Å². The standard InChI is InChI=1S/C18H24O3/c1-7-13-16(10(4)19)14(8-2)18(12(6)21)15(9-3)17(13)11(5)20/h7-9H2,1-6H3. The van der Waals surface area contributed by atoms with Crippen LogP contribution in [-0.4, -0.2) is 17.3 Å². The lowest BCUT2D eigenvalue weighted by Crippen LogP contribution is -2.19. The molecule has 0 saturated heterocycles. The van der Waals surface area contributed by atoms with Crippen molar-refractivity contribution in [1.29, 1.82) is 0 Å². The molecule has 0 bridgehead atoms. The number of carbonyl (C=O) groups excluding carboxylic acids is 3. The minimum absolute atomic E-state index is 0.0728. The Hall–Kier alpha value is -1.77. The number of hydrogen-bond donors (Lipinski definition) is 0. The minimum atomic E-state index is -0.0728. The molecule has 0 aliphatic rings. The number of rotatable bonds is 6. The van der Waals surface area contributed by atoms with Gasteiger partial charge in [0.2, 0.25) is 0 Å². The number of carbonyl (C=O) groups is 3. The Morgan fingerprint density at radius 3 is 0.857 bits per heavy atom. The van der Waals surface area contributed by atoms with E-state index in [2.05, 4.69) is 0 Å². The van der Waals surface area contributed by atoms with Gasteiger partial charge in [-0.3, -0.25) is 14.4 Å². The zero-order valence-corrected chi connectivity index (χ0v) is 13.8. The predicted molar refractivity (Wildman–Crippen MR) is 84.6 cm³/mol. The third kappa shape index (κ3) is 2.97. The quantitative estimate of drug-likeness (QED) is 0.744. The van der Waals surface area contributed by atoms with Gasteiger partial charge in [0.15, 0.2) is 17.3 Å². The summed E-state index contributed by atoms with van der Waals surface area (Å²) in [6.45, 7) is 10.4. The van der Waals surface area contributed by atoms with Crippen molar-refractivity contribution >= 4 is 17.3 Å². The highest BCUT2D eigenvalue weighted by Crippen LogP contribution is 2.31. The Morgan fingerprint density at radius 2 is 0.762 bits per heavy atom. The number of benzene rings is 1. The van der Waals surface area contributed by atoms with E-state index in [0.717, 1.165) is 16.7 Å². The van der Waals surface area contributed by atoms with Crippen molar-refractivity contribution in [1.82, 2.24) is 0 Å². The van der Waals surface area contributed by atoms with Gasteiger partial charge in [0.05, 0.1) is 0 Å². The molecule has 3 heteroatoms. The first-order valence-corrected chi connectivity index (χ1v) is 7.54. The summed E-state index contributed by atoms with van der Waals surface area (Å²) in [5.74, 6) is -0.218. The van der Waals surface area contributed by atoms with Gasteiger partial charge in [0.25, 0.3) is 0 Å². The van der Waals surface area contributed by atoms with Gasteiger partial charge >= 0.3 is 0 Å². The SMILES string of the molecule is CCc1c(C(C)=O)c(CC)c(C(C)=O)c(CC)c1C(C)=O. The first-order valence-electron chi connectivity index (χ1n) is 7.54. The molecular formula is C18H24O3. The zero-order valence-electron chi connectivity index (χ0n) is 13.8. The predicted octanol–water partition coefficient (Wildman–Crippen LogP) is 3.98. The maximum absolute atomic E-state index is 12.1. The van der Waals surface area contributed by atoms with Crippen LogP contribution >= 0.6 is 0 Å². The monoisotopic (exact) mass is 288 g/mol. The van der Waals surface area contributed by atoms with Gasteiger partial charge in [-0.25, -0.2) is 0 Å². The van der Waals surface area contributed by atoms with Crippen LogP contribution in [0.15, 0.2) is 0 Å². The maximum Gasteiger partial charge on any atom is 0.160 e. The summed E-state index contributed by atoms with van der Waals surface area (Å²) in [5.41, 5.74) is 4.13. The first kappa shape index (κ1) is 17.3. The summed E-state index contributed by atoms with van der Waals surface area (Å²) in [6.07, 6.45) is 1.84. The number of hydrogen-bond acceptors (Lipinski definition) is 3. The first-order chi connectivity index (χ1) is 9.81. The maximum atomic E-state index is 12.1. The van der Waals surface area contributed by atoms with Crippen molar-refractivity contribution < 1.29 is 14.4 Å². The fourth-order valence-electron chi connectivity index (χ4n) is 3.26. The van der Waals surface area contributed by atoms with E-state index in [1.165, 1.54) is 20.8 Å². The Morgan fingerprint density at radius 1 is 0.571 bits per heavy atom. The minimum Gasteiger partial charge on any atom is -0.294 e. The van der Waals surface area contributed by atoms with E-state index in [-0.39, 0.29) is 17.3 Å². The van der Waals surface area contributed by atoms with Crippen molar-refractivity contribution in [3.8, 4) is 0 Å². The largest absolute Gasteiger partial charge is 0.294 e. The summed E-state index contributed by atoms with van der Waals surface area (Å²) in [6, 6.07) is 0. The second-order valence-electron chi connectivity index (χ2n) is 5.29. The molecule has 21 heavy (non-hydrogen) atoms. The average Bonchev–Trinajstić information content (AvgIpc) is 2.42. The van der Waals surface area contributed by atoms with Crippen LogP contribution in [-0.2, 0) is 19.3 Å². The number of ketones is 3. The molecule has 1 aromatic carbocycles. The van der Waals surface area contributed by atoms with Crippen LogP contribution in [0.4, 0.5) is 0 Å². The summed E-state index contributed by atoms with van der Waals surface area (Å²) < 4.78 is 0. The van der Waals surface area contributed by atoms with E-state index < -0.39 is 0 Å². The van der Waals surface area contributed by atoms with Gasteiger partial charge in [-0.2, -0.15) is 0 Å². The van der Waals surface area contributed by atoms with Crippen LogP contribution in [0.3, 0.4) is 0 Å². The molecule has 0 amide bonds. The Balaban J connectivity index is 4.11. The Bertz CT molecular complexity index is 503. The van der Waals surface area contributed by atoms with Crippen LogP contribution in [0.2, 0.25) is 0 Å². The molecule has 1 rings (SSSR count). The summed E-state index contributed by atoms with van der Waals surface area (Å²) in [7, 11) is 0. The van der Waals surface area contributed by atoms with Crippen LogP contribution in [0, 0.1) is 0 Å². The molecule has 0 fully saturated rings. The lowest BCUT2D eigenvalue weighted by atomic mass is 9.80. The molecule has 3 nitrogen and oxygen atoms in total. The second kappa shape index (κ2) is 6.79. The molecule has 0 N–H and O–H groups in total. The molecule has 0 aromatic heterocycles. The average molecular weight is 288 g/mol. The molecule has 0 radical (unpaired) electrons. The smallest absolute Gasteiger partial charge is 0.160 e. The molecular weight excluding hydrogens is 264 g/mol. The molecule has 0 spiro atoms. The van der Waals surface area contributed by atoms with E-state index in [1.807, 2.05) is 20.8 Å². The van der Waals surface area contributed by atoms with Crippen molar-refractivity contribution in [3.63, 3.8) is 0 Å². The van der Waals surface area contributed by atoms with E-state index >= 15 is 0 Å². The molecule has 0 aliphatic heterocycles. The normalized spacial score (nSPS) is 10.6. The van der Waals surface area contributed by atoms with Crippen LogP contribution in [0.1, 0.15) is 89.3 Å². The summed E-state index contributed by atoms with van der Waals surface area (Å²) in [5, 5.41) is 0. The Kier molecular flexibility index (Phi) is 5.59. The van der Waals surface area contributed by atoms with Crippen molar-refractivity contribution in [2.75, 3.05) is 0 Å². The molecule has 114 valence electrons. The van der Waals surface area contributed by atoms with Gasteiger partial charge in [-0.05, 0) is 56.7 Å². The fourth-order valence-corrected chi connectivity index (χ4v) is 3.26. The highest BCUT2D eigenvalue weighted by molar-refractivity contribution is 6.09. The molecule has 0 saturated carbocycles. The van der Waals surface area contributed by atoms with Gasteiger partial charge in [-0.1, -0.05) is 20.8 Å². The lowest BCUT2D eigenvalue weighted by molar-refractivity contribution is 0.101. The van der Waals surface area contributed by atoms with Gasteiger partial charge in [0, 0.05) is 16.7 Å². The highest BCUT2D eigenvalue weighted by Gasteiger charge is 2.26. The molecule has 0 unspecified atom stereocenters. The van der Waals surface area contributed by atoms with Gasteiger partial charge in [-0.15, -0.1) is 0 Å². The lowest BCUT2D eigenvalue weighted by Gasteiger charge is -2.22. The van der Waals surface area contributed by atoms with Crippen LogP contribution in [0.5, 0.6) is 0 Å². The topological polar surface area (TPSA) is 51.2 Å². The zero-order chi connectivity index (χ0) is 16.3. The van der Waals surface area contributed by atoms with E-state index in [9.17, 15) is 14.4 Å². The molecule has 0 heterocycles. The summed E-state index contributed by atoms with van der Waals surface area (Å²) in [4.78, 5) is 36.4. The number of Topliss-reactive ketones (excluding diaryl/α,β-unsaturated/α-hetero) is 3.